The number of halogens is 1. The molecule has 0 saturated carbocycles. The van der Waals surface area contributed by atoms with Gasteiger partial charge in [0, 0.05) is 21.3 Å². The Labute approximate surface area is 187 Å². The molecule has 0 saturated heterocycles. The fraction of sp³-hybridized carbons (Fsp3) is 0.0435. The molecular weight excluding hydrogens is 460 g/mol. The van der Waals surface area contributed by atoms with Gasteiger partial charge in [0.25, 0.3) is 11.8 Å². The van der Waals surface area contributed by atoms with Crippen molar-refractivity contribution in [3.63, 3.8) is 0 Å². The summed E-state index contributed by atoms with van der Waals surface area (Å²) in [5.41, 5.74) is 2.93. The highest BCUT2D eigenvalue weighted by Gasteiger charge is 2.26. The third-order valence-electron chi connectivity index (χ3n) is 4.39. The lowest BCUT2D eigenvalue weighted by Gasteiger charge is -2.09. The number of amides is 2. The molecule has 0 atom stereocenters. The van der Waals surface area contributed by atoms with Crippen LogP contribution in [-0.4, -0.2) is 30.3 Å². The lowest BCUT2D eigenvalue weighted by Crippen LogP contribution is -2.20. The van der Waals surface area contributed by atoms with E-state index in [1.54, 1.807) is 36.4 Å². The molecule has 31 heavy (non-hydrogen) atoms. The third-order valence-corrected chi connectivity index (χ3v) is 4.88. The van der Waals surface area contributed by atoms with Gasteiger partial charge in [-0.1, -0.05) is 46.3 Å². The van der Waals surface area contributed by atoms with Crippen LogP contribution in [0.15, 0.2) is 87.5 Å². The van der Waals surface area contributed by atoms with Crippen LogP contribution in [0.5, 0.6) is 5.75 Å². The Morgan fingerprint density at radius 3 is 2.68 bits per heavy atom. The van der Waals surface area contributed by atoms with Gasteiger partial charge >= 0.3 is 0 Å². The molecule has 1 aliphatic heterocycles. The molecule has 0 bridgehead atoms. The lowest BCUT2D eigenvalue weighted by molar-refractivity contribution is -0.118. The maximum Gasteiger partial charge on any atom is 0.276 e. The Morgan fingerprint density at radius 1 is 1.06 bits per heavy atom. The summed E-state index contributed by atoms with van der Waals surface area (Å²) >= 11 is 3.39. The normalized spacial score (nSPS) is 13.8. The summed E-state index contributed by atoms with van der Waals surface area (Å²) in [6.45, 7) is -0.155. The molecule has 0 aromatic heterocycles. The first-order valence-corrected chi connectivity index (χ1v) is 10.2. The van der Waals surface area contributed by atoms with Gasteiger partial charge in [-0.05, 0) is 42.5 Å². The number of ether oxygens (including phenoxy) is 1. The number of carbonyl (C=O) groups excluding carboxylic acids is 2. The topological polar surface area (TPSA) is 92.2 Å². The van der Waals surface area contributed by atoms with Crippen LogP contribution < -0.4 is 15.4 Å². The van der Waals surface area contributed by atoms with Crippen molar-refractivity contribution in [2.45, 2.75) is 0 Å². The molecule has 4 rings (SSSR count). The first-order chi connectivity index (χ1) is 15.1. The molecule has 0 aliphatic carbocycles. The number of hydrogen-bond donors (Lipinski definition) is 2. The van der Waals surface area contributed by atoms with Gasteiger partial charge in [-0.15, -0.1) is 5.10 Å². The van der Waals surface area contributed by atoms with Gasteiger partial charge < -0.3 is 15.4 Å². The lowest BCUT2D eigenvalue weighted by atomic mass is 10.1. The molecule has 0 radical (unpaired) electrons. The zero-order valence-electron chi connectivity index (χ0n) is 16.2. The molecule has 3 aromatic rings. The van der Waals surface area contributed by atoms with Gasteiger partial charge in [-0.2, -0.15) is 5.10 Å². The number of carbonyl (C=O) groups is 2. The van der Waals surface area contributed by atoms with Crippen LogP contribution >= 0.6 is 15.9 Å². The largest absolute Gasteiger partial charge is 0.483 e. The molecule has 0 unspecified atom stereocenters. The summed E-state index contributed by atoms with van der Waals surface area (Å²) in [5.74, 6) is -0.107. The van der Waals surface area contributed by atoms with E-state index in [1.165, 1.54) is 6.21 Å². The number of fused-ring (bicyclic) bond motifs is 1. The summed E-state index contributed by atoms with van der Waals surface area (Å²) < 4.78 is 6.49. The average molecular weight is 477 g/mol. The maximum absolute atomic E-state index is 12.2. The molecule has 1 aliphatic rings. The van der Waals surface area contributed by atoms with Crippen molar-refractivity contribution in [3.8, 4) is 5.75 Å². The fourth-order valence-corrected chi connectivity index (χ4v) is 3.31. The van der Waals surface area contributed by atoms with Crippen molar-refractivity contribution < 1.29 is 14.3 Å². The van der Waals surface area contributed by atoms with Crippen molar-refractivity contribution in [2.24, 2.45) is 10.2 Å². The Morgan fingerprint density at radius 2 is 1.84 bits per heavy atom. The minimum absolute atomic E-state index is 0.155. The molecule has 2 N–H and O–H groups in total. The predicted octanol–water partition coefficient (Wildman–Crippen LogP) is 4.24. The molecule has 154 valence electrons. The first-order valence-electron chi connectivity index (χ1n) is 9.39. The van der Waals surface area contributed by atoms with E-state index < -0.39 is 0 Å². The van der Waals surface area contributed by atoms with Gasteiger partial charge in [0.1, 0.15) is 5.75 Å². The number of hydrogen-bond acceptors (Lipinski definition) is 5. The Hall–Kier alpha value is -3.78. The van der Waals surface area contributed by atoms with Crippen molar-refractivity contribution >= 4 is 51.0 Å². The Bertz CT molecular complexity index is 1190. The number of nitrogens with one attached hydrogen (secondary N) is 2. The number of rotatable bonds is 6. The van der Waals surface area contributed by atoms with Gasteiger partial charge in [-0.3, -0.25) is 9.59 Å². The van der Waals surface area contributed by atoms with Crippen molar-refractivity contribution in [1.29, 1.82) is 0 Å². The average Bonchev–Trinajstić information content (AvgIpc) is 3.08. The van der Waals surface area contributed by atoms with Gasteiger partial charge in [0.05, 0.1) is 11.9 Å². The summed E-state index contributed by atoms with van der Waals surface area (Å²) in [7, 11) is 0. The van der Waals surface area contributed by atoms with Crippen LogP contribution in [0.3, 0.4) is 0 Å². The van der Waals surface area contributed by atoms with Crippen LogP contribution in [0.25, 0.3) is 0 Å². The van der Waals surface area contributed by atoms with Crippen molar-refractivity contribution in [3.05, 3.63) is 88.4 Å². The highest BCUT2D eigenvalue weighted by atomic mass is 79.9. The molecule has 0 fully saturated rings. The SMILES string of the molecule is O=C(COc1ccccc1C=N/N=C1\C(=O)Nc2ccc(Br)cc21)Nc1ccccc1. The summed E-state index contributed by atoms with van der Waals surface area (Å²) in [5, 5.41) is 13.7. The van der Waals surface area contributed by atoms with E-state index in [-0.39, 0.29) is 24.1 Å². The van der Waals surface area contributed by atoms with Crippen LogP contribution in [0.2, 0.25) is 0 Å². The molecule has 3 aromatic carbocycles. The number of benzene rings is 3. The second kappa shape index (κ2) is 9.36. The molecule has 8 heteroatoms. The highest BCUT2D eigenvalue weighted by molar-refractivity contribution is 9.10. The number of nitrogens with zero attached hydrogens (tertiary/aromatic N) is 2. The van der Waals surface area contributed by atoms with E-state index in [1.807, 2.05) is 36.4 Å². The van der Waals surface area contributed by atoms with Crippen molar-refractivity contribution in [1.82, 2.24) is 0 Å². The van der Waals surface area contributed by atoms with Crippen LogP contribution in [0.4, 0.5) is 11.4 Å². The van der Waals surface area contributed by atoms with E-state index in [0.717, 1.165) is 4.47 Å². The molecular formula is C23H17BrN4O3. The van der Waals surface area contributed by atoms with E-state index in [2.05, 4.69) is 36.8 Å². The zero-order valence-corrected chi connectivity index (χ0v) is 17.8. The van der Waals surface area contributed by atoms with E-state index in [9.17, 15) is 9.59 Å². The Balaban J connectivity index is 1.45. The van der Waals surface area contributed by atoms with Crippen LogP contribution in [0.1, 0.15) is 11.1 Å². The minimum Gasteiger partial charge on any atom is -0.483 e. The van der Waals surface area contributed by atoms with Crippen LogP contribution in [0, 0.1) is 0 Å². The Kier molecular flexibility index (Phi) is 6.18. The van der Waals surface area contributed by atoms with Gasteiger partial charge in [-0.25, -0.2) is 0 Å². The van der Waals surface area contributed by atoms with E-state index in [4.69, 9.17) is 4.74 Å². The zero-order chi connectivity index (χ0) is 21.6. The summed E-state index contributed by atoms with van der Waals surface area (Å²) in [6.07, 6.45) is 1.49. The smallest absolute Gasteiger partial charge is 0.276 e. The quantitative estimate of drug-likeness (QED) is 0.411. The molecule has 1 heterocycles. The minimum atomic E-state index is -0.313. The molecule has 7 nitrogen and oxygen atoms in total. The van der Waals surface area contributed by atoms with E-state index >= 15 is 0 Å². The highest BCUT2D eigenvalue weighted by Crippen LogP contribution is 2.27. The monoisotopic (exact) mass is 476 g/mol. The van der Waals surface area contributed by atoms with Crippen LogP contribution in [-0.2, 0) is 9.59 Å². The van der Waals surface area contributed by atoms with Gasteiger partial charge in [0.2, 0.25) is 0 Å². The van der Waals surface area contributed by atoms with Crippen molar-refractivity contribution in [2.75, 3.05) is 17.2 Å². The maximum atomic E-state index is 12.2. The molecule has 0 spiro atoms. The molecule has 2 amide bonds. The first kappa shape index (κ1) is 20.5. The third kappa shape index (κ3) is 5.04. The number of para-hydroxylation sites is 2. The summed E-state index contributed by atoms with van der Waals surface area (Å²) in [4.78, 5) is 24.3. The fourth-order valence-electron chi connectivity index (χ4n) is 2.95. The second-order valence-electron chi connectivity index (χ2n) is 6.58. The van der Waals surface area contributed by atoms with E-state index in [0.29, 0.717) is 28.3 Å². The standard InChI is InChI=1S/C23H17BrN4O3/c24-16-10-11-19-18(12-16)22(23(30)27-19)28-25-13-15-6-4-5-9-20(15)31-14-21(29)26-17-7-2-1-3-8-17/h1-13H,14H2,(H,26,29)(H,27,28,30). The number of anilines is 2. The predicted molar refractivity (Wildman–Crippen MR) is 124 cm³/mol. The second-order valence-corrected chi connectivity index (χ2v) is 7.49. The van der Waals surface area contributed by atoms with Gasteiger partial charge in [0.15, 0.2) is 12.3 Å². The summed E-state index contributed by atoms with van der Waals surface area (Å²) in [6, 6.07) is 21.7.